The van der Waals surface area contributed by atoms with Crippen molar-refractivity contribution >= 4 is 16.9 Å². The number of aryl methyl sites for hydroxylation is 1. The molecule has 2 aromatic heterocycles. The van der Waals surface area contributed by atoms with Gasteiger partial charge in [0.2, 0.25) is 0 Å². The van der Waals surface area contributed by atoms with E-state index in [1.54, 1.807) is 12.3 Å². The van der Waals surface area contributed by atoms with Gasteiger partial charge in [-0.25, -0.2) is 4.39 Å². The van der Waals surface area contributed by atoms with E-state index in [0.29, 0.717) is 12.8 Å². The van der Waals surface area contributed by atoms with Gasteiger partial charge in [-0.2, -0.15) is 0 Å². The van der Waals surface area contributed by atoms with Gasteiger partial charge in [-0.1, -0.05) is 6.07 Å². The second-order valence-corrected chi connectivity index (χ2v) is 5.11. The lowest BCUT2D eigenvalue weighted by atomic mass is 10.0. The first-order valence-corrected chi connectivity index (χ1v) is 7.06. The van der Waals surface area contributed by atoms with E-state index in [0.717, 1.165) is 27.9 Å². The number of fused-ring (bicyclic) bond motifs is 1. The number of aromatic nitrogens is 2. The third-order valence-electron chi connectivity index (χ3n) is 3.60. The van der Waals surface area contributed by atoms with E-state index in [4.69, 9.17) is 0 Å². The third-order valence-corrected chi connectivity index (χ3v) is 3.60. The zero-order valence-electron chi connectivity index (χ0n) is 11.8. The molecular weight excluding hydrogens is 283 g/mol. The quantitative estimate of drug-likeness (QED) is 0.786. The van der Waals surface area contributed by atoms with Gasteiger partial charge >= 0.3 is 0 Å². The standard InChI is InChI=1S/C17H15FN2O2/c18-11-7-8-14-13(10-11)12(4-3-6-16(21)22)17(20-14)15-5-1-2-9-19-15/h1-2,5,7-10,20H,3-4,6H2,(H,21,22)/p-1. The molecule has 4 nitrogen and oxygen atoms in total. The van der Waals surface area contributed by atoms with E-state index in [2.05, 4.69) is 9.97 Å². The number of carboxylic acids is 1. The number of carbonyl (C=O) groups is 1. The molecule has 0 saturated carbocycles. The van der Waals surface area contributed by atoms with Gasteiger partial charge in [0, 0.05) is 23.1 Å². The molecule has 3 rings (SSSR count). The third kappa shape index (κ3) is 2.83. The highest BCUT2D eigenvalue weighted by Crippen LogP contribution is 2.31. The van der Waals surface area contributed by atoms with Crippen LogP contribution in [0.5, 0.6) is 0 Å². The molecule has 112 valence electrons. The van der Waals surface area contributed by atoms with Gasteiger partial charge in [0.15, 0.2) is 0 Å². The molecule has 0 aliphatic heterocycles. The molecule has 22 heavy (non-hydrogen) atoms. The number of nitrogens with zero attached hydrogens (tertiary/aromatic N) is 1. The first-order chi connectivity index (χ1) is 10.6. The molecule has 0 atom stereocenters. The van der Waals surface area contributed by atoms with Crippen molar-refractivity contribution in [3.05, 3.63) is 54.0 Å². The van der Waals surface area contributed by atoms with Crippen LogP contribution in [0.1, 0.15) is 18.4 Å². The first-order valence-electron chi connectivity index (χ1n) is 7.06. The van der Waals surface area contributed by atoms with E-state index in [-0.39, 0.29) is 12.2 Å². The van der Waals surface area contributed by atoms with Crippen LogP contribution >= 0.6 is 0 Å². The minimum atomic E-state index is -1.08. The Morgan fingerprint density at radius 2 is 2.14 bits per heavy atom. The number of pyridine rings is 1. The number of carboxylic acid groups (broad SMARTS) is 1. The predicted molar refractivity (Wildman–Crippen MR) is 79.4 cm³/mol. The van der Waals surface area contributed by atoms with Crippen molar-refractivity contribution in [1.82, 2.24) is 9.97 Å². The van der Waals surface area contributed by atoms with Gasteiger partial charge in [-0.05, 0) is 55.2 Å². The van der Waals surface area contributed by atoms with Crippen LogP contribution in [0, 0.1) is 5.82 Å². The largest absolute Gasteiger partial charge is 0.550 e. The van der Waals surface area contributed by atoms with Crippen LogP contribution in [-0.2, 0) is 11.2 Å². The molecule has 5 heteroatoms. The Labute approximate surface area is 126 Å². The number of halogens is 1. The van der Waals surface area contributed by atoms with Gasteiger partial charge < -0.3 is 14.9 Å². The lowest BCUT2D eigenvalue weighted by molar-refractivity contribution is -0.305. The number of rotatable bonds is 5. The summed E-state index contributed by atoms with van der Waals surface area (Å²) in [5.74, 6) is -1.40. The SMILES string of the molecule is O=C([O-])CCCc1c(-c2ccccn2)[nH]c2ccc(F)cc12. The van der Waals surface area contributed by atoms with Crippen molar-refractivity contribution in [2.45, 2.75) is 19.3 Å². The Morgan fingerprint density at radius 3 is 2.86 bits per heavy atom. The zero-order chi connectivity index (χ0) is 15.5. The van der Waals surface area contributed by atoms with Crippen molar-refractivity contribution < 1.29 is 14.3 Å². The molecule has 2 heterocycles. The minimum absolute atomic E-state index is 0.0242. The molecule has 1 aromatic carbocycles. The van der Waals surface area contributed by atoms with Crippen LogP contribution in [0.3, 0.4) is 0 Å². The fourth-order valence-corrected chi connectivity index (χ4v) is 2.62. The van der Waals surface area contributed by atoms with Gasteiger partial charge in [0.1, 0.15) is 5.82 Å². The van der Waals surface area contributed by atoms with E-state index in [1.807, 2.05) is 18.2 Å². The number of H-pyrrole nitrogens is 1. The van der Waals surface area contributed by atoms with Gasteiger partial charge in [0.05, 0.1) is 11.4 Å². The monoisotopic (exact) mass is 297 g/mol. The number of hydrogen-bond donors (Lipinski definition) is 1. The Morgan fingerprint density at radius 1 is 1.27 bits per heavy atom. The average molecular weight is 297 g/mol. The summed E-state index contributed by atoms with van der Waals surface area (Å²) in [6, 6.07) is 10.1. The normalized spacial score (nSPS) is 11.0. The Hall–Kier alpha value is -2.69. The topological polar surface area (TPSA) is 68.8 Å². The molecule has 0 aliphatic rings. The van der Waals surface area contributed by atoms with Gasteiger partial charge in [-0.15, -0.1) is 0 Å². The van der Waals surface area contributed by atoms with Crippen molar-refractivity contribution in [3.8, 4) is 11.4 Å². The molecule has 0 fully saturated rings. The summed E-state index contributed by atoms with van der Waals surface area (Å²) < 4.78 is 13.5. The smallest absolute Gasteiger partial charge is 0.123 e. The molecule has 0 spiro atoms. The lowest BCUT2D eigenvalue weighted by Crippen LogP contribution is -2.21. The number of aromatic amines is 1. The summed E-state index contributed by atoms with van der Waals surface area (Å²) in [4.78, 5) is 18.2. The molecule has 0 bridgehead atoms. The fourth-order valence-electron chi connectivity index (χ4n) is 2.62. The first kappa shape index (κ1) is 14.3. The molecule has 1 N–H and O–H groups in total. The highest BCUT2D eigenvalue weighted by atomic mass is 19.1. The van der Waals surface area contributed by atoms with Crippen molar-refractivity contribution in [2.24, 2.45) is 0 Å². The zero-order valence-corrected chi connectivity index (χ0v) is 11.8. The Kier molecular flexibility index (Phi) is 3.87. The number of carbonyl (C=O) groups excluding carboxylic acids is 1. The maximum Gasteiger partial charge on any atom is 0.123 e. The number of hydrogen-bond acceptors (Lipinski definition) is 3. The lowest BCUT2D eigenvalue weighted by Gasteiger charge is -2.05. The van der Waals surface area contributed by atoms with Crippen molar-refractivity contribution in [1.29, 1.82) is 0 Å². The molecular formula is C17H14FN2O2-. The maximum atomic E-state index is 13.5. The summed E-state index contributed by atoms with van der Waals surface area (Å²) in [6.45, 7) is 0. The van der Waals surface area contributed by atoms with Crippen LogP contribution in [0.25, 0.3) is 22.3 Å². The van der Waals surface area contributed by atoms with E-state index < -0.39 is 5.97 Å². The Bertz CT molecular complexity index is 812. The predicted octanol–water partition coefficient (Wildman–Crippen LogP) is 2.44. The number of aliphatic carboxylic acids is 1. The summed E-state index contributed by atoms with van der Waals surface area (Å²) >= 11 is 0. The highest BCUT2D eigenvalue weighted by Gasteiger charge is 2.14. The van der Waals surface area contributed by atoms with Crippen LogP contribution < -0.4 is 5.11 Å². The number of nitrogens with one attached hydrogen (secondary N) is 1. The molecule has 0 aliphatic carbocycles. The highest BCUT2D eigenvalue weighted by molar-refractivity contribution is 5.90. The average Bonchev–Trinajstić information content (AvgIpc) is 2.86. The van der Waals surface area contributed by atoms with Crippen LogP contribution in [0.15, 0.2) is 42.6 Å². The summed E-state index contributed by atoms with van der Waals surface area (Å²) in [6.07, 6.45) is 2.62. The second-order valence-electron chi connectivity index (χ2n) is 5.11. The molecule has 0 saturated heterocycles. The van der Waals surface area contributed by atoms with Gasteiger partial charge in [-0.3, -0.25) is 4.98 Å². The van der Waals surface area contributed by atoms with Crippen molar-refractivity contribution in [2.75, 3.05) is 0 Å². The fraction of sp³-hybridized carbons (Fsp3) is 0.176. The summed E-state index contributed by atoms with van der Waals surface area (Å²) in [5.41, 5.74) is 3.25. The van der Waals surface area contributed by atoms with E-state index in [9.17, 15) is 14.3 Å². The Balaban J connectivity index is 2.07. The maximum absolute atomic E-state index is 13.5. The summed E-state index contributed by atoms with van der Waals surface area (Å²) in [7, 11) is 0. The van der Waals surface area contributed by atoms with E-state index >= 15 is 0 Å². The minimum Gasteiger partial charge on any atom is -0.550 e. The number of benzene rings is 1. The van der Waals surface area contributed by atoms with Gasteiger partial charge in [0.25, 0.3) is 0 Å². The molecule has 0 radical (unpaired) electrons. The second kappa shape index (κ2) is 5.97. The molecule has 0 unspecified atom stereocenters. The van der Waals surface area contributed by atoms with Crippen molar-refractivity contribution in [3.63, 3.8) is 0 Å². The van der Waals surface area contributed by atoms with Crippen LogP contribution in [-0.4, -0.2) is 15.9 Å². The van der Waals surface area contributed by atoms with Crippen LogP contribution in [0.4, 0.5) is 4.39 Å². The molecule has 0 amide bonds. The van der Waals surface area contributed by atoms with Crippen LogP contribution in [0.2, 0.25) is 0 Å². The molecule has 3 aromatic rings. The van der Waals surface area contributed by atoms with E-state index in [1.165, 1.54) is 12.1 Å². The summed E-state index contributed by atoms with van der Waals surface area (Å²) in [5, 5.41) is 11.4.